The van der Waals surface area contributed by atoms with Crippen LogP contribution in [-0.2, 0) is 0 Å². The van der Waals surface area contributed by atoms with E-state index in [-0.39, 0.29) is 0 Å². The van der Waals surface area contributed by atoms with Gasteiger partial charge >= 0.3 is 0 Å². The first-order valence-electron chi connectivity index (χ1n) is 4.05. The fourth-order valence-corrected chi connectivity index (χ4v) is 1.33. The lowest BCUT2D eigenvalue weighted by Gasteiger charge is -2.18. The summed E-state index contributed by atoms with van der Waals surface area (Å²) in [6.45, 7) is 10.7. The molecule has 0 heteroatoms. The molecule has 0 aromatic carbocycles. The summed E-state index contributed by atoms with van der Waals surface area (Å²) in [6.07, 6.45) is 3.72. The first-order chi connectivity index (χ1) is 4.26. The van der Waals surface area contributed by atoms with Crippen LogP contribution in [0.2, 0.25) is 0 Å². The predicted molar refractivity (Wildman–Crippen MR) is 43.2 cm³/mol. The van der Waals surface area contributed by atoms with E-state index in [1.165, 1.54) is 12.8 Å². The molecule has 1 radical (unpaired) electrons. The van der Waals surface area contributed by atoms with Crippen LogP contribution >= 0.6 is 0 Å². The van der Waals surface area contributed by atoms with E-state index in [9.17, 15) is 0 Å². The molecule has 0 amide bonds. The molecule has 0 rings (SSSR count). The molecule has 0 saturated heterocycles. The van der Waals surface area contributed by atoms with Crippen molar-refractivity contribution in [2.45, 2.75) is 40.0 Å². The summed E-state index contributed by atoms with van der Waals surface area (Å²) in [5.41, 5.74) is 0. The molecule has 0 aliphatic heterocycles. The fourth-order valence-electron chi connectivity index (χ4n) is 1.33. The van der Waals surface area contributed by atoms with E-state index >= 15 is 0 Å². The Labute approximate surface area is 59.7 Å². The Hall–Kier alpha value is 0. The van der Waals surface area contributed by atoms with E-state index in [1.807, 2.05) is 0 Å². The zero-order valence-corrected chi connectivity index (χ0v) is 6.98. The van der Waals surface area contributed by atoms with Crippen LogP contribution in [0, 0.1) is 18.8 Å². The molecule has 0 bridgehead atoms. The number of hydrogen-bond acceptors (Lipinski definition) is 0. The standard InChI is InChI=1S/C9H19/c1-5-8(4)9(6-2)7-3/h8-9H,1,5-7H2,2-4H3. The molecule has 0 N–H and O–H groups in total. The van der Waals surface area contributed by atoms with Gasteiger partial charge in [0.2, 0.25) is 0 Å². The van der Waals surface area contributed by atoms with Gasteiger partial charge < -0.3 is 0 Å². The van der Waals surface area contributed by atoms with Gasteiger partial charge in [0.1, 0.15) is 0 Å². The van der Waals surface area contributed by atoms with Crippen molar-refractivity contribution in [3.8, 4) is 0 Å². The highest BCUT2D eigenvalue weighted by Gasteiger charge is 2.09. The lowest BCUT2D eigenvalue weighted by atomic mass is 9.88. The van der Waals surface area contributed by atoms with Crippen molar-refractivity contribution < 1.29 is 0 Å². The summed E-state index contributed by atoms with van der Waals surface area (Å²) in [5, 5.41) is 0. The molecule has 1 unspecified atom stereocenters. The molecule has 0 fully saturated rings. The van der Waals surface area contributed by atoms with Gasteiger partial charge in [-0.05, 0) is 11.8 Å². The minimum absolute atomic E-state index is 0.819. The van der Waals surface area contributed by atoms with Crippen molar-refractivity contribution in [1.82, 2.24) is 0 Å². The first-order valence-corrected chi connectivity index (χ1v) is 4.05. The molecule has 0 nitrogen and oxygen atoms in total. The smallest absolute Gasteiger partial charge is 0.0394 e. The van der Waals surface area contributed by atoms with Gasteiger partial charge in [0.15, 0.2) is 0 Å². The number of hydrogen-bond donors (Lipinski definition) is 0. The summed E-state index contributed by atoms with van der Waals surface area (Å²) < 4.78 is 0. The highest BCUT2D eigenvalue weighted by molar-refractivity contribution is 4.63. The molecular formula is C9H19. The minimum atomic E-state index is 0.819. The van der Waals surface area contributed by atoms with Crippen molar-refractivity contribution in [2.24, 2.45) is 11.8 Å². The third kappa shape index (κ3) is 2.88. The SMILES string of the molecule is [CH2]CC(C)C(CC)CC. The van der Waals surface area contributed by atoms with Gasteiger partial charge in [0, 0.05) is 0 Å². The molecule has 0 saturated carbocycles. The van der Waals surface area contributed by atoms with E-state index < -0.39 is 0 Å². The Bertz CT molecular complexity index is 53.1. The van der Waals surface area contributed by atoms with E-state index in [2.05, 4.69) is 27.7 Å². The number of rotatable bonds is 4. The molecule has 0 aliphatic rings. The average molecular weight is 127 g/mol. The maximum atomic E-state index is 3.90. The van der Waals surface area contributed by atoms with Crippen molar-refractivity contribution in [3.63, 3.8) is 0 Å². The Morgan fingerprint density at radius 3 is 1.78 bits per heavy atom. The van der Waals surface area contributed by atoms with Crippen LogP contribution in [0.3, 0.4) is 0 Å². The van der Waals surface area contributed by atoms with Gasteiger partial charge in [-0.1, -0.05) is 47.0 Å². The zero-order valence-electron chi connectivity index (χ0n) is 6.98. The van der Waals surface area contributed by atoms with E-state index in [0.717, 1.165) is 18.3 Å². The van der Waals surface area contributed by atoms with Crippen molar-refractivity contribution in [3.05, 3.63) is 6.92 Å². The van der Waals surface area contributed by atoms with E-state index in [1.54, 1.807) is 0 Å². The fraction of sp³-hybridized carbons (Fsp3) is 0.889. The van der Waals surface area contributed by atoms with Crippen LogP contribution in [0.4, 0.5) is 0 Å². The summed E-state index contributed by atoms with van der Waals surface area (Å²) in [4.78, 5) is 0. The molecule has 0 spiro atoms. The topological polar surface area (TPSA) is 0 Å². The second-order valence-corrected chi connectivity index (χ2v) is 2.84. The van der Waals surface area contributed by atoms with Gasteiger partial charge in [-0.25, -0.2) is 0 Å². The first kappa shape index (κ1) is 9.00. The van der Waals surface area contributed by atoms with Crippen molar-refractivity contribution >= 4 is 0 Å². The van der Waals surface area contributed by atoms with Crippen LogP contribution < -0.4 is 0 Å². The quantitative estimate of drug-likeness (QED) is 0.543. The van der Waals surface area contributed by atoms with Gasteiger partial charge in [-0.2, -0.15) is 0 Å². The summed E-state index contributed by atoms with van der Waals surface area (Å²) in [5.74, 6) is 1.72. The Morgan fingerprint density at radius 2 is 1.67 bits per heavy atom. The van der Waals surface area contributed by atoms with Crippen molar-refractivity contribution in [2.75, 3.05) is 0 Å². The molecule has 0 aromatic heterocycles. The molecule has 0 heterocycles. The highest BCUT2D eigenvalue weighted by atomic mass is 14.2. The normalized spacial score (nSPS) is 14.3. The second-order valence-electron chi connectivity index (χ2n) is 2.84. The van der Waals surface area contributed by atoms with Gasteiger partial charge in [0.25, 0.3) is 0 Å². The minimum Gasteiger partial charge on any atom is -0.0651 e. The average Bonchev–Trinajstić information content (AvgIpc) is 1.90. The third-order valence-corrected chi connectivity index (χ3v) is 2.31. The molecule has 0 aromatic rings. The van der Waals surface area contributed by atoms with Crippen LogP contribution in [0.5, 0.6) is 0 Å². The Morgan fingerprint density at radius 1 is 1.22 bits per heavy atom. The van der Waals surface area contributed by atoms with Crippen LogP contribution in [0.25, 0.3) is 0 Å². The maximum absolute atomic E-state index is 3.90. The third-order valence-electron chi connectivity index (χ3n) is 2.31. The monoisotopic (exact) mass is 127 g/mol. The molecule has 9 heavy (non-hydrogen) atoms. The molecular weight excluding hydrogens is 108 g/mol. The second kappa shape index (κ2) is 4.84. The summed E-state index contributed by atoms with van der Waals surface area (Å²) in [7, 11) is 0. The highest BCUT2D eigenvalue weighted by Crippen LogP contribution is 2.20. The van der Waals surface area contributed by atoms with E-state index in [4.69, 9.17) is 0 Å². The van der Waals surface area contributed by atoms with Crippen LogP contribution in [0.15, 0.2) is 0 Å². The summed E-state index contributed by atoms with van der Waals surface area (Å²) >= 11 is 0. The maximum Gasteiger partial charge on any atom is -0.0394 e. The lowest BCUT2D eigenvalue weighted by Crippen LogP contribution is -2.08. The zero-order chi connectivity index (χ0) is 7.28. The Balaban J connectivity index is 3.50. The van der Waals surface area contributed by atoms with Crippen LogP contribution in [0.1, 0.15) is 40.0 Å². The largest absolute Gasteiger partial charge is 0.0651 e. The molecule has 0 aliphatic carbocycles. The summed E-state index contributed by atoms with van der Waals surface area (Å²) in [6, 6.07) is 0. The molecule has 1 atom stereocenters. The Kier molecular flexibility index (Phi) is 4.84. The van der Waals surface area contributed by atoms with Crippen molar-refractivity contribution in [1.29, 1.82) is 0 Å². The van der Waals surface area contributed by atoms with E-state index in [0.29, 0.717) is 0 Å². The lowest BCUT2D eigenvalue weighted by molar-refractivity contribution is 0.339. The molecule has 55 valence electrons. The van der Waals surface area contributed by atoms with Gasteiger partial charge in [0.05, 0.1) is 0 Å². The van der Waals surface area contributed by atoms with Gasteiger partial charge in [-0.15, -0.1) is 0 Å². The van der Waals surface area contributed by atoms with Crippen LogP contribution in [-0.4, -0.2) is 0 Å². The predicted octanol–water partition coefficient (Wildman–Crippen LogP) is 3.28. The van der Waals surface area contributed by atoms with Gasteiger partial charge in [-0.3, -0.25) is 0 Å².